The highest BCUT2D eigenvalue weighted by Gasteiger charge is 2.47. The molecule has 3 heteroatoms. The molecule has 3 atom stereocenters. The molecule has 0 amide bonds. The van der Waals surface area contributed by atoms with Crippen LogP contribution >= 0.6 is 0 Å². The van der Waals surface area contributed by atoms with E-state index >= 15 is 0 Å². The average Bonchev–Trinajstić information content (AvgIpc) is 3.32. The van der Waals surface area contributed by atoms with Crippen molar-refractivity contribution in [2.45, 2.75) is 56.7 Å². The van der Waals surface area contributed by atoms with Crippen molar-refractivity contribution in [2.75, 3.05) is 7.11 Å². The minimum absolute atomic E-state index is 0.132. The molecule has 0 bridgehead atoms. The fourth-order valence-corrected chi connectivity index (χ4v) is 4.36. The molecule has 1 N–H and O–H groups in total. The van der Waals surface area contributed by atoms with Gasteiger partial charge in [-0.15, -0.1) is 0 Å². The van der Waals surface area contributed by atoms with Crippen molar-refractivity contribution in [3.63, 3.8) is 0 Å². The third-order valence-electron chi connectivity index (χ3n) is 5.60. The number of aliphatic hydroxyl groups is 1. The molecule has 2 fully saturated rings. The highest BCUT2D eigenvalue weighted by molar-refractivity contribution is 5.43. The monoisotopic (exact) mass is 288 g/mol. The fourth-order valence-electron chi connectivity index (χ4n) is 4.36. The van der Waals surface area contributed by atoms with Gasteiger partial charge < -0.3 is 14.6 Å². The predicted molar refractivity (Wildman–Crippen MR) is 80.6 cm³/mol. The summed E-state index contributed by atoms with van der Waals surface area (Å²) in [5.74, 6) is 3.38. The van der Waals surface area contributed by atoms with Crippen molar-refractivity contribution in [2.24, 2.45) is 11.8 Å². The number of fused-ring (bicyclic) bond motifs is 1. The van der Waals surface area contributed by atoms with Gasteiger partial charge in [-0.05, 0) is 68.6 Å². The molecule has 3 aliphatic rings. The molecule has 0 radical (unpaired) electrons. The van der Waals surface area contributed by atoms with E-state index < -0.39 is 6.10 Å². The second kappa shape index (κ2) is 4.91. The Morgan fingerprint density at radius 3 is 2.81 bits per heavy atom. The van der Waals surface area contributed by atoms with Crippen LogP contribution in [0.4, 0.5) is 0 Å². The molecule has 1 spiro atoms. The van der Waals surface area contributed by atoms with Crippen molar-refractivity contribution >= 4 is 0 Å². The first kappa shape index (κ1) is 13.4. The summed E-state index contributed by atoms with van der Waals surface area (Å²) in [5.41, 5.74) is 0.750. The third kappa shape index (κ3) is 2.42. The Morgan fingerprint density at radius 1 is 1.19 bits per heavy atom. The first-order valence-electron chi connectivity index (χ1n) is 8.24. The number of rotatable bonds is 2. The molecule has 2 aliphatic carbocycles. The highest BCUT2D eigenvalue weighted by Crippen LogP contribution is 2.52. The maximum absolute atomic E-state index is 10.6. The molecular formula is C18H24O3. The largest absolute Gasteiger partial charge is 0.497 e. The predicted octanol–water partition coefficient (Wildman–Crippen LogP) is 3.85. The van der Waals surface area contributed by atoms with Crippen LogP contribution < -0.4 is 9.47 Å². The third-order valence-corrected chi connectivity index (χ3v) is 5.60. The van der Waals surface area contributed by atoms with Gasteiger partial charge in [0, 0.05) is 12.0 Å². The van der Waals surface area contributed by atoms with Gasteiger partial charge in [-0.2, -0.15) is 0 Å². The van der Waals surface area contributed by atoms with Gasteiger partial charge in [0.25, 0.3) is 0 Å². The number of methoxy groups -OCH3 is 1. The van der Waals surface area contributed by atoms with Crippen LogP contribution in [0.25, 0.3) is 0 Å². The summed E-state index contributed by atoms with van der Waals surface area (Å²) in [5, 5.41) is 10.6. The molecule has 1 aliphatic heterocycles. The molecule has 1 aromatic carbocycles. The van der Waals surface area contributed by atoms with Crippen LogP contribution in [-0.4, -0.2) is 17.8 Å². The topological polar surface area (TPSA) is 38.7 Å². The Labute approximate surface area is 126 Å². The van der Waals surface area contributed by atoms with Crippen LogP contribution in [0, 0.1) is 11.8 Å². The van der Waals surface area contributed by atoms with Gasteiger partial charge in [-0.3, -0.25) is 0 Å². The first-order valence-corrected chi connectivity index (χ1v) is 8.24. The maximum Gasteiger partial charge on any atom is 0.126 e. The number of ether oxygens (including phenoxy) is 2. The van der Waals surface area contributed by atoms with Crippen LogP contribution in [0.3, 0.4) is 0 Å². The van der Waals surface area contributed by atoms with Crippen molar-refractivity contribution in [1.82, 2.24) is 0 Å². The van der Waals surface area contributed by atoms with Gasteiger partial charge >= 0.3 is 0 Å². The van der Waals surface area contributed by atoms with Gasteiger partial charge in [0.2, 0.25) is 0 Å². The van der Waals surface area contributed by atoms with Gasteiger partial charge in [-0.25, -0.2) is 0 Å². The molecule has 3 nitrogen and oxygen atoms in total. The van der Waals surface area contributed by atoms with Gasteiger partial charge in [0.1, 0.15) is 17.1 Å². The fraction of sp³-hybridized carbons (Fsp3) is 0.667. The minimum atomic E-state index is -0.429. The minimum Gasteiger partial charge on any atom is -0.497 e. The highest BCUT2D eigenvalue weighted by atomic mass is 16.5. The van der Waals surface area contributed by atoms with Crippen LogP contribution in [-0.2, 0) is 0 Å². The number of aliphatic hydroxyl groups excluding tert-OH is 1. The lowest BCUT2D eigenvalue weighted by Gasteiger charge is -2.45. The van der Waals surface area contributed by atoms with E-state index in [2.05, 4.69) is 0 Å². The number of benzene rings is 1. The van der Waals surface area contributed by atoms with E-state index in [1.807, 2.05) is 18.2 Å². The van der Waals surface area contributed by atoms with Gasteiger partial charge in [-0.1, -0.05) is 0 Å². The second-order valence-corrected chi connectivity index (χ2v) is 7.10. The lowest BCUT2D eigenvalue weighted by molar-refractivity contribution is -0.0544. The van der Waals surface area contributed by atoms with E-state index in [0.717, 1.165) is 48.2 Å². The zero-order chi connectivity index (χ0) is 14.4. The normalized spacial score (nSPS) is 35.1. The van der Waals surface area contributed by atoms with Gasteiger partial charge in [0.05, 0.1) is 13.2 Å². The smallest absolute Gasteiger partial charge is 0.126 e. The quantitative estimate of drug-likeness (QED) is 0.898. The summed E-state index contributed by atoms with van der Waals surface area (Å²) >= 11 is 0. The molecule has 114 valence electrons. The Morgan fingerprint density at radius 2 is 2.05 bits per heavy atom. The molecular weight excluding hydrogens is 264 g/mol. The van der Waals surface area contributed by atoms with E-state index in [-0.39, 0.29) is 5.60 Å². The van der Waals surface area contributed by atoms with Crippen LogP contribution in [0.1, 0.15) is 56.6 Å². The zero-order valence-electron chi connectivity index (χ0n) is 12.7. The molecule has 0 saturated heterocycles. The van der Waals surface area contributed by atoms with Crippen molar-refractivity contribution in [3.8, 4) is 11.5 Å². The molecule has 1 heterocycles. The Kier molecular flexibility index (Phi) is 3.14. The molecule has 1 aromatic rings. The zero-order valence-corrected chi connectivity index (χ0v) is 12.7. The Balaban J connectivity index is 1.61. The van der Waals surface area contributed by atoms with E-state index in [4.69, 9.17) is 9.47 Å². The summed E-state index contributed by atoms with van der Waals surface area (Å²) < 4.78 is 11.7. The van der Waals surface area contributed by atoms with Crippen molar-refractivity contribution in [1.29, 1.82) is 0 Å². The van der Waals surface area contributed by atoms with Crippen LogP contribution in [0.15, 0.2) is 18.2 Å². The van der Waals surface area contributed by atoms with Crippen molar-refractivity contribution < 1.29 is 14.6 Å². The van der Waals surface area contributed by atoms with Crippen LogP contribution in [0.2, 0.25) is 0 Å². The molecule has 4 rings (SSSR count). The molecule has 21 heavy (non-hydrogen) atoms. The molecule has 2 saturated carbocycles. The summed E-state index contributed by atoms with van der Waals surface area (Å²) in [6.45, 7) is 0. The SMILES string of the molecule is COc1ccc2c(c1)[C@@H](O)CC1(CCCC(C3CC3)C1)O2. The van der Waals surface area contributed by atoms with E-state index in [9.17, 15) is 5.11 Å². The van der Waals surface area contributed by atoms with Crippen molar-refractivity contribution in [3.05, 3.63) is 23.8 Å². The number of hydrogen-bond acceptors (Lipinski definition) is 3. The summed E-state index contributed by atoms with van der Waals surface area (Å²) in [6.07, 6.45) is 7.89. The second-order valence-electron chi connectivity index (χ2n) is 7.10. The lowest BCUT2D eigenvalue weighted by atomic mass is 9.72. The summed E-state index contributed by atoms with van der Waals surface area (Å²) in [4.78, 5) is 0. The van der Waals surface area contributed by atoms with E-state index in [0.29, 0.717) is 0 Å². The lowest BCUT2D eigenvalue weighted by Crippen LogP contribution is -2.45. The molecule has 2 unspecified atom stereocenters. The van der Waals surface area contributed by atoms with E-state index in [1.54, 1.807) is 7.11 Å². The molecule has 0 aromatic heterocycles. The van der Waals surface area contributed by atoms with Crippen LogP contribution in [0.5, 0.6) is 11.5 Å². The van der Waals surface area contributed by atoms with E-state index in [1.165, 1.54) is 25.7 Å². The average molecular weight is 288 g/mol. The Hall–Kier alpha value is -1.22. The maximum atomic E-state index is 10.6. The summed E-state index contributed by atoms with van der Waals surface area (Å²) in [7, 11) is 1.65. The first-order chi connectivity index (χ1) is 10.2. The standard InChI is InChI=1S/C18H24O3/c1-20-14-6-7-17-15(9-14)16(19)11-18(21-17)8-2-3-13(10-18)12-4-5-12/h6-7,9,12-13,16,19H,2-5,8,10-11H2,1H3/t13?,16-,18?/m0/s1. The Bertz CT molecular complexity index is 537. The number of hydrogen-bond donors (Lipinski definition) is 1. The summed E-state index contributed by atoms with van der Waals surface area (Å²) in [6, 6.07) is 5.79. The van der Waals surface area contributed by atoms with Gasteiger partial charge in [0.15, 0.2) is 0 Å².